The van der Waals surface area contributed by atoms with Gasteiger partial charge in [-0.25, -0.2) is 4.79 Å². The van der Waals surface area contributed by atoms with E-state index in [9.17, 15) is 19.5 Å². The number of carboxylic acid groups (broad SMARTS) is 1. The molecule has 0 saturated carbocycles. The minimum absolute atomic E-state index is 0.0919. The molecule has 2 aromatic rings. The molecule has 37 heavy (non-hydrogen) atoms. The Morgan fingerprint density at radius 3 is 2.51 bits per heavy atom. The number of rotatable bonds is 2. The number of piperidine rings is 1. The van der Waals surface area contributed by atoms with Crippen LogP contribution in [0.4, 0.5) is 0 Å². The predicted octanol–water partition coefficient (Wildman–Crippen LogP) is 1.35. The van der Waals surface area contributed by atoms with Crippen molar-refractivity contribution in [3.05, 3.63) is 59.2 Å². The Kier molecular flexibility index (Phi) is 7.29. The van der Waals surface area contributed by atoms with E-state index < -0.39 is 11.9 Å². The number of aromatic carboxylic acids is 1. The van der Waals surface area contributed by atoms with E-state index >= 15 is 0 Å². The molecule has 4 heterocycles. The number of likely N-dealkylation sites (tertiary alicyclic amines) is 2. The molecule has 4 bridgehead atoms. The molecule has 2 aromatic carbocycles. The van der Waals surface area contributed by atoms with Crippen molar-refractivity contribution in [2.45, 2.75) is 37.6 Å². The molecule has 0 radical (unpaired) electrons. The fourth-order valence-electron chi connectivity index (χ4n) is 5.17. The SMILES string of the molecule is CN1CCC(N2C[C@@H]3NC(=O)c4cc(cc(C(=O)O)c4)OCC(=O)NCc4ccc(cc4)O[C@H]3C2)CC1. The van der Waals surface area contributed by atoms with E-state index in [2.05, 4.69) is 27.5 Å². The Morgan fingerprint density at radius 1 is 1.03 bits per heavy atom. The van der Waals surface area contributed by atoms with Gasteiger partial charge in [-0.15, -0.1) is 0 Å². The third-order valence-corrected chi connectivity index (χ3v) is 7.30. The maximum Gasteiger partial charge on any atom is 0.335 e. The summed E-state index contributed by atoms with van der Waals surface area (Å²) in [5.74, 6) is -1.14. The zero-order valence-corrected chi connectivity index (χ0v) is 20.8. The molecule has 196 valence electrons. The van der Waals surface area contributed by atoms with Gasteiger partial charge in [-0.3, -0.25) is 14.5 Å². The van der Waals surface area contributed by atoms with Crippen LogP contribution in [-0.4, -0.2) is 90.7 Å². The molecule has 2 amide bonds. The van der Waals surface area contributed by atoms with Gasteiger partial charge in [0.1, 0.15) is 17.6 Å². The summed E-state index contributed by atoms with van der Waals surface area (Å²) >= 11 is 0. The number of fused-ring (bicyclic) bond motifs is 7. The van der Waals surface area contributed by atoms with Crippen LogP contribution < -0.4 is 20.1 Å². The summed E-state index contributed by atoms with van der Waals surface area (Å²) in [6.07, 6.45) is 1.85. The predicted molar refractivity (Wildman–Crippen MR) is 135 cm³/mol. The molecule has 0 aromatic heterocycles. The molecule has 6 rings (SSSR count). The van der Waals surface area contributed by atoms with Crippen molar-refractivity contribution < 1.29 is 29.0 Å². The van der Waals surface area contributed by atoms with E-state index in [1.54, 1.807) is 0 Å². The Bertz CT molecular complexity index is 1160. The highest BCUT2D eigenvalue weighted by molar-refractivity contribution is 5.98. The largest absolute Gasteiger partial charge is 0.487 e. The van der Waals surface area contributed by atoms with E-state index in [1.165, 1.54) is 18.2 Å². The van der Waals surface area contributed by atoms with Crippen LogP contribution in [0.15, 0.2) is 42.5 Å². The Morgan fingerprint density at radius 2 is 1.78 bits per heavy atom. The third-order valence-electron chi connectivity index (χ3n) is 7.30. The number of ether oxygens (including phenoxy) is 2. The van der Waals surface area contributed by atoms with Crippen LogP contribution in [0.5, 0.6) is 11.5 Å². The number of nitrogens with zero attached hydrogens (tertiary/aromatic N) is 2. The van der Waals surface area contributed by atoms with Gasteiger partial charge < -0.3 is 30.1 Å². The molecule has 0 aliphatic carbocycles. The Balaban J connectivity index is 1.43. The van der Waals surface area contributed by atoms with E-state index in [4.69, 9.17) is 9.47 Å². The fraction of sp³-hybridized carbons (Fsp3) is 0.444. The number of hydrogen-bond donors (Lipinski definition) is 3. The lowest BCUT2D eigenvalue weighted by Crippen LogP contribution is -2.46. The lowest BCUT2D eigenvalue weighted by molar-refractivity contribution is -0.123. The van der Waals surface area contributed by atoms with Gasteiger partial charge in [0, 0.05) is 31.2 Å². The van der Waals surface area contributed by atoms with Gasteiger partial charge in [0.05, 0.1) is 11.6 Å². The summed E-state index contributed by atoms with van der Waals surface area (Å²) in [6.45, 7) is 3.41. The first kappa shape index (κ1) is 25.0. The standard InChI is InChI=1S/C27H32N4O6/c1-30-8-6-20(7-9-30)31-14-23-24(15-31)37-21-4-2-17(3-5-21)13-28-25(32)16-36-22-11-18(26(33)29-23)10-19(12-22)27(34)35/h2-5,10-12,20,23-24H,6-9,13-16H2,1H3,(H,28,32)(H,29,33)(H,34,35)/t23-,24-/m0/s1. The first-order valence-corrected chi connectivity index (χ1v) is 12.6. The first-order valence-electron chi connectivity index (χ1n) is 12.6. The number of carboxylic acids is 1. The van der Waals surface area contributed by atoms with Gasteiger partial charge in [-0.1, -0.05) is 12.1 Å². The van der Waals surface area contributed by atoms with E-state index in [0.717, 1.165) is 31.5 Å². The van der Waals surface area contributed by atoms with Crippen LogP contribution in [0.3, 0.4) is 0 Å². The van der Waals surface area contributed by atoms with Crippen molar-refractivity contribution in [3.63, 3.8) is 0 Å². The fourth-order valence-corrected chi connectivity index (χ4v) is 5.17. The molecule has 0 unspecified atom stereocenters. The number of hydrogen-bond acceptors (Lipinski definition) is 7. The van der Waals surface area contributed by atoms with Crippen LogP contribution in [-0.2, 0) is 11.3 Å². The zero-order valence-electron chi connectivity index (χ0n) is 20.8. The second-order valence-corrected chi connectivity index (χ2v) is 9.99. The van der Waals surface area contributed by atoms with Crippen LogP contribution in [0.2, 0.25) is 0 Å². The maximum atomic E-state index is 13.3. The molecular formula is C27H32N4O6. The van der Waals surface area contributed by atoms with Gasteiger partial charge in [-0.2, -0.15) is 0 Å². The van der Waals surface area contributed by atoms with Crippen molar-refractivity contribution >= 4 is 17.8 Å². The van der Waals surface area contributed by atoms with Crippen molar-refractivity contribution in [3.8, 4) is 11.5 Å². The highest BCUT2D eigenvalue weighted by Gasteiger charge is 2.39. The van der Waals surface area contributed by atoms with E-state index in [0.29, 0.717) is 31.4 Å². The molecule has 3 N–H and O–H groups in total. The number of benzene rings is 2. The Labute approximate surface area is 215 Å². The number of amides is 2. The molecular weight excluding hydrogens is 476 g/mol. The molecule has 10 nitrogen and oxygen atoms in total. The average molecular weight is 509 g/mol. The van der Waals surface area contributed by atoms with Crippen LogP contribution >= 0.6 is 0 Å². The van der Waals surface area contributed by atoms with Crippen molar-refractivity contribution in [1.29, 1.82) is 0 Å². The summed E-state index contributed by atoms with van der Waals surface area (Å²) in [4.78, 5) is 42.0. The summed E-state index contributed by atoms with van der Waals surface area (Å²) in [5, 5.41) is 15.4. The molecule has 2 atom stereocenters. The summed E-state index contributed by atoms with van der Waals surface area (Å²) in [6, 6.07) is 11.8. The topological polar surface area (TPSA) is 120 Å². The van der Waals surface area contributed by atoms with Gasteiger partial charge >= 0.3 is 5.97 Å². The molecule has 4 aliphatic rings. The first-order chi connectivity index (χ1) is 17.8. The minimum atomic E-state index is -1.19. The van der Waals surface area contributed by atoms with Crippen molar-refractivity contribution in [2.24, 2.45) is 0 Å². The second kappa shape index (κ2) is 10.8. The highest BCUT2D eigenvalue weighted by Crippen LogP contribution is 2.26. The monoisotopic (exact) mass is 508 g/mol. The number of nitrogens with one attached hydrogen (secondary N) is 2. The van der Waals surface area contributed by atoms with Crippen LogP contribution in [0.1, 0.15) is 39.1 Å². The maximum absolute atomic E-state index is 13.3. The third kappa shape index (κ3) is 6.03. The molecule has 10 heteroatoms. The molecule has 2 fully saturated rings. The van der Waals surface area contributed by atoms with E-state index in [-0.39, 0.29) is 41.5 Å². The summed E-state index contributed by atoms with van der Waals surface area (Å²) < 4.78 is 11.9. The highest BCUT2D eigenvalue weighted by atomic mass is 16.5. The molecule has 0 spiro atoms. The van der Waals surface area contributed by atoms with Crippen LogP contribution in [0, 0.1) is 0 Å². The molecule has 4 aliphatic heterocycles. The van der Waals surface area contributed by atoms with Crippen molar-refractivity contribution in [1.82, 2.24) is 20.4 Å². The minimum Gasteiger partial charge on any atom is -0.487 e. The zero-order chi connectivity index (χ0) is 25.9. The van der Waals surface area contributed by atoms with Crippen molar-refractivity contribution in [2.75, 3.05) is 39.8 Å². The second-order valence-electron chi connectivity index (χ2n) is 9.99. The summed E-state index contributed by atoms with van der Waals surface area (Å²) in [7, 11) is 2.13. The lowest BCUT2D eigenvalue weighted by atomic mass is 10.0. The average Bonchev–Trinajstić information content (AvgIpc) is 3.28. The van der Waals surface area contributed by atoms with Gasteiger partial charge in [0.2, 0.25) is 0 Å². The molecule has 2 saturated heterocycles. The quantitative estimate of drug-likeness (QED) is 0.556. The summed E-state index contributed by atoms with van der Waals surface area (Å²) in [5.41, 5.74) is 0.968. The van der Waals surface area contributed by atoms with E-state index in [1.807, 2.05) is 24.3 Å². The Hall–Kier alpha value is -3.63. The number of carbonyl (C=O) groups is 3. The smallest absolute Gasteiger partial charge is 0.335 e. The van der Waals surface area contributed by atoms with Gasteiger partial charge in [0.25, 0.3) is 11.8 Å². The van der Waals surface area contributed by atoms with Crippen LogP contribution in [0.25, 0.3) is 0 Å². The lowest BCUT2D eigenvalue weighted by Gasteiger charge is -2.35. The van der Waals surface area contributed by atoms with Gasteiger partial charge in [-0.05, 0) is 68.9 Å². The van der Waals surface area contributed by atoms with Gasteiger partial charge in [0.15, 0.2) is 6.61 Å². The normalized spacial score (nSPS) is 23.8. The number of carbonyl (C=O) groups excluding carboxylic acids is 2.